The number of hydrogen-bond acceptors (Lipinski definition) is 29. The summed E-state index contributed by atoms with van der Waals surface area (Å²) in [6, 6.07) is 48.3. The van der Waals surface area contributed by atoms with E-state index in [2.05, 4.69) is 140 Å². The van der Waals surface area contributed by atoms with E-state index in [1.807, 2.05) is 197 Å². The second-order valence-electron chi connectivity index (χ2n) is 29.7. The van der Waals surface area contributed by atoms with E-state index >= 15 is 0 Å². The van der Waals surface area contributed by atoms with Crippen LogP contribution in [0, 0.1) is 39.6 Å². The van der Waals surface area contributed by atoms with Gasteiger partial charge in [0.2, 0.25) is 0 Å². The highest BCUT2D eigenvalue weighted by molar-refractivity contribution is 14.1. The van der Waals surface area contributed by atoms with Gasteiger partial charge in [-0.3, -0.25) is 14.7 Å². The molecule has 2 unspecified atom stereocenters. The normalized spacial score (nSPS) is 18.0. The molecule has 125 heavy (non-hydrogen) atoms. The molecular weight excluding hydrogens is 1830 g/mol. The summed E-state index contributed by atoms with van der Waals surface area (Å²) in [4.78, 5) is 56.7. The lowest BCUT2D eigenvalue weighted by atomic mass is 9.80. The van der Waals surface area contributed by atoms with Crippen LogP contribution >= 0.6 is 54.5 Å². The van der Waals surface area contributed by atoms with Crippen LogP contribution < -0.4 is 47.3 Å². The van der Waals surface area contributed by atoms with Crippen molar-refractivity contribution < 1.29 is 47.9 Å². The van der Waals surface area contributed by atoms with Crippen LogP contribution in [0.2, 0.25) is 0 Å². The number of nitrogens with zero attached hydrogens (tertiary/aromatic N) is 15. The summed E-state index contributed by atoms with van der Waals surface area (Å²) in [6.07, 6.45) is 24.2. The van der Waals surface area contributed by atoms with Gasteiger partial charge in [-0.05, 0) is 209 Å². The predicted octanol–water partition coefficient (Wildman–Crippen LogP) is 11.8. The van der Waals surface area contributed by atoms with E-state index in [-0.39, 0.29) is 31.5 Å². The fraction of sp³-hybridized carbons (Fsp3) is 0.196. The van der Waals surface area contributed by atoms with Crippen LogP contribution in [0.1, 0.15) is 63.1 Å². The van der Waals surface area contributed by atoms with Crippen molar-refractivity contribution in [1.29, 1.82) is 0 Å². The molecule has 8 aliphatic rings. The summed E-state index contributed by atoms with van der Waals surface area (Å²) in [5.41, 5.74) is 35.8. The summed E-state index contributed by atoms with van der Waals surface area (Å²) in [5.74, 6) is 21.3. The Kier molecular flexibility index (Phi) is 26.8. The Morgan fingerprint density at radius 3 is 0.920 bits per heavy atom. The zero-order chi connectivity index (χ0) is 86.9. The standard InChI is InChI=1S/2C24H21N5O2.C19H13BrN4O2.C15H10BrIN2O2.C5H9N.C4H5BN2O2.CH4/c2*1-29(2)9-3-4-16-5-7-21-19(10-16)24(14-30-23(25)28-24)20-11-17(6-8-22(20)31-21)18-12-26-15-27-13-18;20-13-2-4-17-15(6-13)19(9-25-18(21)24-19)14-5-11(1-3-16(14)26-17)12-7-22-10-23-8-12;16-8-1-3-12-10(5-8)15(7-20-14(18)19-15)11-6-9(17)2-4-13(11)21-12;1-4-5-6(2)3;8-5(9)4-1-6-3-7-2-4;/h2*5-8,10-13,15H,9,14H2,1-2H3,(H2,25,28);1-8,10H,9H2,(H2,21,24);1-6H,7H2,(H2,18,19);1H,5H2,2-3H3;1-3,8-9H;1H4/t2*24-;;;;;/m10...../s1. The number of nitrogens with two attached hydrogens (primary N) is 4. The number of aliphatic imine (C=N–C) groups is 4. The summed E-state index contributed by atoms with van der Waals surface area (Å²) in [5, 5.41) is 17.0. The fourth-order valence-corrected chi connectivity index (χ4v) is 15.8. The summed E-state index contributed by atoms with van der Waals surface area (Å²) >= 11 is 9.33. The molecule has 8 aliphatic heterocycles. The van der Waals surface area contributed by atoms with Gasteiger partial charge in [0.1, 0.15) is 97.7 Å². The Morgan fingerprint density at radius 1 is 0.376 bits per heavy atom. The molecule has 0 radical (unpaired) electrons. The van der Waals surface area contributed by atoms with E-state index in [9.17, 15) is 0 Å². The number of fused-ring (bicyclic) bond motifs is 16. The first-order valence-electron chi connectivity index (χ1n) is 38.4. The molecule has 20 rings (SSSR count). The Labute approximate surface area is 753 Å². The lowest BCUT2D eigenvalue weighted by molar-refractivity contribution is 0.264. The first-order chi connectivity index (χ1) is 59.9. The Bertz CT molecular complexity index is 6090. The summed E-state index contributed by atoms with van der Waals surface area (Å²) < 4.78 is 50.0. The fourth-order valence-electron chi connectivity index (χ4n) is 14.6. The van der Waals surface area contributed by atoms with E-state index in [1.54, 1.807) is 37.2 Å². The van der Waals surface area contributed by atoms with Crippen LogP contribution in [0.25, 0.3) is 33.4 Å². The van der Waals surface area contributed by atoms with Crippen molar-refractivity contribution >= 4 is 91.1 Å². The van der Waals surface area contributed by atoms with Gasteiger partial charge in [0.05, 0.1) is 19.6 Å². The molecule has 0 fully saturated rings. The van der Waals surface area contributed by atoms with E-state index in [1.165, 1.54) is 37.7 Å². The third-order valence-electron chi connectivity index (χ3n) is 20.3. The van der Waals surface area contributed by atoms with Crippen LogP contribution in [-0.4, -0.2) is 184 Å². The first kappa shape index (κ1) is 87.9. The third-order valence-corrected chi connectivity index (χ3v) is 22.0. The lowest BCUT2D eigenvalue weighted by Crippen LogP contribution is -2.31. The van der Waals surface area contributed by atoms with E-state index in [0.717, 1.165) is 154 Å². The SMILES string of the molecule is C.C#CCN(C)C.CN(C)CC#Cc1ccc2c(c1)[C@@]1(COC(N)=N1)c1cc(-c3cncnc3)ccc1O2.CN(C)CC#Cc1ccc2c(c1)[C@]1(COC(N)=N1)c1cc(-c3cncnc3)ccc1O2.NC1=NC2(CO1)c1cc(Br)ccc1Oc1ccc(-c3cncnc3)cc12.NC1=NC2(CO1)c1cc(Br)ccc1Oc1ccc(I)cc12.OB(O)c1cncnc1. The molecule has 8 aromatic carbocycles. The Hall–Kier alpha value is -13.4. The lowest BCUT2D eigenvalue weighted by Gasteiger charge is -2.33. The average molecular weight is 1910 g/mol. The van der Waals surface area contributed by atoms with Crippen LogP contribution in [0.4, 0.5) is 0 Å². The number of halogens is 3. The molecule has 4 atom stereocenters. The van der Waals surface area contributed by atoms with Gasteiger partial charge in [-0.2, -0.15) is 0 Å². The molecular formula is C92H83BBr2IN19O10. The number of benzene rings is 8. The topological polar surface area (TPSA) is 381 Å². The van der Waals surface area contributed by atoms with Crippen LogP contribution in [-0.2, 0) is 41.1 Å². The van der Waals surface area contributed by atoms with Gasteiger partial charge in [-0.25, -0.2) is 59.8 Å². The molecule has 630 valence electrons. The minimum Gasteiger partial charge on any atom is -0.462 e. The molecule has 0 saturated heterocycles. The maximum Gasteiger partial charge on any atom is 0.491 e. The molecule has 4 aromatic heterocycles. The van der Waals surface area contributed by atoms with Crippen molar-refractivity contribution in [2.45, 2.75) is 29.6 Å². The largest absolute Gasteiger partial charge is 0.491 e. The van der Waals surface area contributed by atoms with Crippen molar-refractivity contribution in [3.8, 4) is 115 Å². The van der Waals surface area contributed by atoms with Gasteiger partial charge in [-0.1, -0.05) is 87.1 Å². The second kappa shape index (κ2) is 38.2. The second-order valence-corrected chi connectivity index (χ2v) is 32.8. The summed E-state index contributed by atoms with van der Waals surface area (Å²) in [7, 11) is 10.4. The number of amidine groups is 4. The van der Waals surface area contributed by atoms with Gasteiger partial charge >= 0.3 is 7.12 Å². The van der Waals surface area contributed by atoms with Gasteiger partial charge in [0.25, 0.3) is 24.1 Å². The molecule has 0 amide bonds. The van der Waals surface area contributed by atoms with Crippen LogP contribution in [0.3, 0.4) is 0 Å². The maximum atomic E-state index is 8.50. The van der Waals surface area contributed by atoms with Gasteiger partial charge in [0, 0.05) is 140 Å². The van der Waals surface area contributed by atoms with Crippen molar-refractivity contribution in [3.05, 3.63) is 289 Å². The zero-order valence-electron chi connectivity index (χ0n) is 67.7. The zero-order valence-corrected chi connectivity index (χ0v) is 73.0. The van der Waals surface area contributed by atoms with Gasteiger partial charge in [0.15, 0.2) is 22.2 Å². The molecule has 0 saturated carbocycles. The maximum absolute atomic E-state index is 8.50. The molecule has 0 bridgehead atoms. The van der Waals surface area contributed by atoms with Gasteiger partial charge in [-0.15, -0.1) is 6.42 Å². The predicted molar refractivity (Wildman–Crippen MR) is 493 cm³/mol. The van der Waals surface area contributed by atoms with Crippen molar-refractivity contribution in [1.82, 2.24) is 54.6 Å². The molecule has 33 heteroatoms. The van der Waals surface area contributed by atoms with Crippen molar-refractivity contribution in [2.75, 3.05) is 88.3 Å². The minimum atomic E-state index is -1.47. The van der Waals surface area contributed by atoms with Crippen molar-refractivity contribution in [2.24, 2.45) is 42.9 Å². The quantitative estimate of drug-likeness (QED) is 0.0490. The average Bonchev–Trinajstić information content (AvgIpc) is 1.70. The van der Waals surface area contributed by atoms with E-state index < -0.39 is 29.3 Å². The number of terminal acetylenes is 1. The Balaban J connectivity index is 0.000000129. The van der Waals surface area contributed by atoms with Gasteiger partial charge < -0.3 is 70.9 Å². The molecule has 10 N–H and O–H groups in total. The Morgan fingerprint density at radius 2 is 0.648 bits per heavy atom. The highest BCUT2D eigenvalue weighted by Gasteiger charge is 2.51. The van der Waals surface area contributed by atoms with Crippen LogP contribution in [0.5, 0.6) is 46.0 Å². The number of hydrogen-bond donors (Lipinski definition) is 6. The third kappa shape index (κ3) is 19.1. The van der Waals surface area contributed by atoms with E-state index in [0.29, 0.717) is 45.0 Å². The number of rotatable bonds is 7. The molecule has 12 aromatic rings. The monoisotopic (exact) mass is 1910 g/mol. The molecule has 29 nitrogen and oxygen atoms in total. The minimum absolute atomic E-state index is 0. The van der Waals surface area contributed by atoms with Crippen LogP contribution in [0.15, 0.2) is 249 Å². The number of ether oxygens (including phenoxy) is 8. The highest BCUT2D eigenvalue weighted by Crippen LogP contribution is 2.57. The van der Waals surface area contributed by atoms with Crippen molar-refractivity contribution in [3.63, 3.8) is 0 Å². The number of aromatic nitrogens is 8. The first-order valence-corrected chi connectivity index (χ1v) is 41.1. The smallest absolute Gasteiger partial charge is 0.462 e. The van der Waals surface area contributed by atoms with E-state index in [4.69, 9.17) is 87.3 Å². The highest BCUT2D eigenvalue weighted by atomic mass is 127. The summed E-state index contributed by atoms with van der Waals surface area (Å²) in [6.45, 7) is 3.40. The molecule has 12 heterocycles. The molecule has 4 spiro atoms. The molecule has 0 aliphatic carbocycles.